The van der Waals surface area contributed by atoms with Gasteiger partial charge < -0.3 is 9.80 Å². The number of carbonyl (C=O) groups excluding carboxylic acids is 2. The minimum absolute atomic E-state index is 0.0600. The standard InChI is InChI=1S/C20H26Cl4N2O2/c1-19(2)11(9-13(21)22)15(19)17(27)25-5-7-26(8-6-25)18(28)16-12(10-14(23)24)20(16,3)4/h9-12,15-16H,5-8H2,1-4H3/t11-,12-,15-,16+/m1/s1. The summed E-state index contributed by atoms with van der Waals surface area (Å²) >= 11 is 23.2. The molecule has 2 amide bonds. The highest BCUT2D eigenvalue weighted by molar-refractivity contribution is 6.56. The highest BCUT2D eigenvalue weighted by atomic mass is 35.5. The molecule has 0 aromatic carbocycles. The summed E-state index contributed by atoms with van der Waals surface area (Å²) in [6, 6.07) is 0. The maximum atomic E-state index is 12.9. The Hall–Kier alpha value is -0.420. The third-order valence-corrected chi connectivity index (χ3v) is 7.37. The van der Waals surface area contributed by atoms with Crippen molar-refractivity contribution >= 4 is 58.2 Å². The van der Waals surface area contributed by atoms with Crippen LogP contribution in [0.25, 0.3) is 0 Å². The Morgan fingerprint density at radius 2 is 1.00 bits per heavy atom. The molecule has 4 atom stereocenters. The number of hydrogen-bond donors (Lipinski definition) is 0. The molecular formula is C20H26Cl4N2O2. The normalized spacial score (nSPS) is 32.4. The molecule has 0 spiro atoms. The van der Waals surface area contributed by atoms with Gasteiger partial charge in [0.25, 0.3) is 0 Å². The van der Waals surface area contributed by atoms with Crippen LogP contribution in [-0.2, 0) is 9.59 Å². The summed E-state index contributed by atoms with van der Waals surface area (Å²) in [5.74, 6) is 0.147. The van der Waals surface area contributed by atoms with Crippen molar-refractivity contribution in [2.24, 2.45) is 34.5 Å². The molecular weight excluding hydrogens is 442 g/mol. The number of amides is 2. The predicted molar refractivity (Wildman–Crippen MR) is 114 cm³/mol. The van der Waals surface area contributed by atoms with Crippen LogP contribution in [-0.4, -0.2) is 47.8 Å². The number of carbonyl (C=O) groups is 2. The smallest absolute Gasteiger partial charge is 0.226 e. The summed E-state index contributed by atoms with van der Waals surface area (Å²) in [5.41, 5.74) is -0.283. The molecule has 1 aliphatic heterocycles. The lowest BCUT2D eigenvalue weighted by atomic mass is 10.1. The first-order valence-electron chi connectivity index (χ1n) is 9.52. The molecule has 2 aliphatic carbocycles. The van der Waals surface area contributed by atoms with Crippen LogP contribution in [0.2, 0.25) is 0 Å². The quantitative estimate of drug-likeness (QED) is 0.593. The van der Waals surface area contributed by atoms with Crippen molar-refractivity contribution in [2.75, 3.05) is 26.2 Å². The SMILES string of the molecule is CC1(C)[C@H](C=C(Cl)Cl)[C@H]1C(=O)N1CCN(C(=O)[C@H]2[C@@H](C=C(Cl)Cl)C2(C)C)CC1. The molecule has 3 rings (SSSR count). The van der Waals surface area contributed by atoms with Crippen molar-refractivity contribution in [3.8, 4) is 0 Å². The van der Waals surface area contributed by atoms with E-state index in [4.69, 9.17) is 46.4 Å². The molecule has 0 aromatic rings. The Balaban J connectivity index is 1.57. The van der Waals surface area contributed by atoms with E-state index in [1.165, 1.54) is 0 Å². The van der Waals surface area contributed by atoms with Crippen molar-refractivity contribution in [3.05, 3.63) is 21.1 Å². The van der Waals surface area contributed by atoms with E-state index in [1.54, 1.807) is 12.2 Å². The van der Waals surface area contributed by atoms with E-state index in [-0.39, 0.29) is 55.3 Å². The van der Waals surface area contributed by atoms with Crippen molar-refractivity contribution < 1.29 is 9.59 Å². The van der Waals surface area contributed by atoms with E-state index in [0.29, 0.717) is 26.2 Å². The first-order valence-corrected chi connectivity index (χ1v) is 11.0. The third-order valence-electron chi connectivity index (χ3n) is 6.87. The molecule has 0 aromatic heterocycles. The zero-order valence-corrected chi connectivity index (χ0v) is 19.5. The van der Waals surface area contributed by atoms with Gasteiger partial charge in [0, 0.05) is 26.2 Å². The highest BCUT2D eigenvalue weighted by Gasteiger charge is 2.63. The van der Waals surface area contributed by atoms with Crippen molar-refractivity contribution in [3.63, 3.8) is 0 Å². The first kappa shape index (κ1) is 22.3. The van der Waals surface area contributed by atoms with Crippen LogP contribution in [0.5, 0.6) is 0 Å². The van der Waals surface area contributed by atoms with E-state index in [9.17, 15) is 9.59 Å². The molecule has 1 saturated heterocycles. The highest BCUT2D eigenvalue weighted by Crippen LogP contribution is 2.61. The Bertz CT molecular complexity index is 668. The molecule has 2 saturated carbocycles. The predicted octanol–water partition coefficient (Wildman–Crippen LogP) is 4.84. The molecule has 0 N–H and O–H groups in total. The van der Waals surface area contributed by atoms with Gasteiger partial charge >= 0.3 is 0 Å². The zero-order chi connectivity index (χ0) is 21.0. The van der Waals surface area contributed by atoms with Crippen LogP contribution >= 0.6 is 46.4 Å². The Kier molecular flexibility index (Phi) is 6.11. The Morgan fingerprint density at radius 3 is 1.25 bits per heavy atom. The summed E-state index contributed by atoms with van der Waals surface area (Å²) in [5, 5.41) is 0. The van der Waals surface area contributed by atoms with Gasteiger partial charge in [-0.1, -0.05) is 74.1 Å². The van der Waals surface area contributed by atoms with Crippen LogP contribution in [0.1, 0.15) is 27.7 Å². The van der Waals surface area contributed by atoms with Crippen molar-refractivity contribution in [2.45, 2.75) is 27.7 Å². The van der Waals surface area contributed by atoms with E-state index >= 15 is 0 Å². The van der Waals surface area contributed by atoms with Crippen LogP contribution in [0.4, 0.5) is 0 Å². The number of piperazine rings is 1. The molecule has 4 nitrogen and oxygen atoms in total. The van der Waals surface area contributed by atoms with Gasteiger partial charge in [0.1, 0.15) is 8.98 Å². The molecule has 1 heterocycles. The molecule has 156 valence electrons. The minimum atomic E-state index is -0.141. The number of halogens is 4. The summed E-state index contributed by atoms with van der Waals surface area (Å²) in [4.78, 5) is 29.6. The second-order valence-corrected chi connectivity index (χ2v) is 11.2. The maximum Gasteiger partial charge on any atom is 0.226 e. The molecule has 28 heavy (non-hydrogen) atoms. The lowest BCUT2D eigenvalue weighted by Crippen LogP contribution is -2.52. The largest absolute Gasteiger partial charge is 0.339 e. The van der Waals surface area contributed by atoms with Crippen LogP contribution in [0, 0.1) is 34.5 Å². The van der Waals surface area contributed by atoms with Gasteiger partial charge in [0.15, 0.2) is 0 Å². The molecule has 3 aliphatic rings. The van der Waals surface area contributed by atoms with Gasteiger partial charge in [0.2, 0.25) is 11.8 Å². The average Bonchev–Trinajstić information content (AvgIpc) is 3.33. The molecule has 0 unspecified atom stereocenters. The van der Waals surface area contributed by atoms with Gasteiger partial charge in [-0.05, 0) is 34.8 Å². The zero-order valence-electron chi connectivity index (χ0n) is 16.5. The van der Waals surface area contributed by atoms with Gasteiger partial charge in [-0.3, -0.25) is 9.59 Å². The van der Waals surface area contributed by atoms with Gasteiger partial charge in [-0.25, -0.2) is 0 Å². The number of rotatable bonds is 4. The average molecular weight is 468 g/mol. The fourth-order valence-corrected chi connectivity index (χ4v) is 5.28. The summed E-state index contributed by atoms with van der Waals surface area (Å²) in [6.45, 7) is 10.4. The topological polar surface area (TPSA) is 40.6 Å². The minimum Gasteiger partial charge on any atom is -0.339 e. The first-order chi connectivity index (χ1) is 12.9. The Morgan fingerprint density at radius 1 is 0.714 bits per heavy atom. The van der Waals surface area contributed by atoms with Crippen LogP contribution in [0.15, 0.2) is 21.1 Å². The van der Waals surface area contributed by atoms with Crippen LogP contribution < -0.4 is 0 Å². The van der Waals surface area contributed by atoms with Gasteiger partial charge in [-0.2, -0.15) is 0 Å². The molecule has 3 fully saturated rings. The van der Waals surface area contributed by atoms with Crippen molar-refractivity contribution in [1.82, 2.24) is 9.80 Å². The number of allylic oxidation sites excluding steroid dienone is 2. The fraction of sp³-hybridized carbons (Fsp3) is 0.700. The summed E-state index contributed by atoms with van der Waals surface area (Å²) < 4.78 is 0.410. The third kappa shape index (κ3) is 4.08. The number of nitrogens with zero attached hydrogens (tertiary/aromatic N) is 2. The van der Waals surface area contributed by atoms with Crippen molar-refractivity contribution in [1.29, 1.82) is 0 Å². The lowest BCUT2D eigenvalue weighted by molar-refractivity contribution is -0.142. The monoisotopic (exact) mass is 466 g/mol. The summed E-state index contributed by atoms with van der Waals surface area (Å²) in [7, 11) is 0. The number of hydrogen-bond acceptors (Lipinski definition) is 2. The molecule has 0 bridgehead atoms. The van der Waals surface area contributed by atoms with Gasteiger partial charge in [-0.15, -0.1) is 0 Å². The van der Waals surface area contributed by atoms with Crippen LogP contribution in [0.3, 0.4) is 0 Å². The Labute approximate surface area is 186 Å². The van der Waals surface area contributed by atoms with E-state index < -0.39 is 0 Å². The summed E-state index contributed by atoms with van der Waals surface area (Å²) in [6.07, 6.45) is 3.52. The second kappa shape index (κ2) is 7.68. The van der Waals surface area contributed by atoms with E-state index in [0.717, 1.165) is 0 Å². The van der Waals surface area contributed by atoms with E-state index in [1.807, 2.05) is 9.80 Å². The maximum absolute atomic E-state index is 12.9. The fourth-order valence-electron chi connectivity index (χ4n) is 4.73. The lowest BCUT2D eigenvalue weighted by Gasteiger charge is -2.35. The second-order valence-electron chi connectivity index (χ2n) is 9.21. The molecule has 8 heteroatoms. The van der Waals surface area contributed by atoms with E-state index in [2.05, 4.69) is 27.7 Å². The molecule has 0 radical (unpaired) electrons. The van der Waals surface area contributed by atoms with Gasteiger partial charge in [0.05, 0.1) is 11.8 Å².